The molecule has 108 valence electrons. The highest BCUT2D eigenvalue weighted by atomic mass is 16.5. The molecule has 0 atom stereocenters. The van der Waals surface area contributed by atoms with E-state index in [0.29, 0.717) is 5.69 Å². The van der Waals surface area contributed by atoms with Crippen LogP contribution in [0.5, 0.6) is 5.75 Å². The van der Waals surface area contributed by atoms with Crippen LogP contribution in [0.4, 0.5) is 5.69 Å². The van der Waals surface area contributed by atoms with Gasteiger partial charge in [-0.1, -0.05) is 6.07 Å². The van der Waals surface area contributed by atoms with E-state index in [2.05, 4.69) is 20.8 Å². The number of ether oxygens (including phenoxy) is 1. The molecule has 1 heterocycles. The molecule has 6 nitrogen and oxygen atoms in total. The first-order valence-electron chi connectivity index (χ1n) is 6.39. The van der Waals surface area contributed by atoms with Crippen LogP contribution in [0.2, 0.25) is 0 Å². The quantitative estimate of drug-likeness (QED) is 0.625. The van der Waals surface area contributed by atoms with Gasteiger partial charge in [0.05, 0.1) is 25.6 Å². The Labute approximate surface area is 122 Å². The molecule has 2 rings (SSSR count). The van der Waals surface area contributed by atoms with Gasteiger partial charge in [0.1, 0.15) is 5.75 Å². The van der Waals surface area contributed by atoms with E-state index in [1.807, 2.05) is 36.4 Å². The summed E-state index contributed by atoms with van der Waals surface area (Å²) in [6, 6.07) is 12.8. The maximum atomic E-state index is 11.6. The predicted octanol–water partition coefficient (Wildman–Crippen LogP) is 1.65. The Hall–Kier alpha value is -2.89. The number of nitrogens with one attached hydrogen (secondary N) is 2. The van der Waals surface area contributed by atoms with Crippen LogP contribution in [0.1, 0.15) is 5.69 Å². The van der Waals surface area contributed by atoms with Gasteiger partial charge in [-0.3, -0.25) is 9.78 Å². The SMILES string of the molecule is COc1ccc(NCC(=O)N/N=C\c2ccccn2)cc1. The zero-order chi connectivity index (χ0) is 14.9. The topological polar surface area (TPSA) is 75.6 Å². The fourth-order valence-corrected chi connectivity index (χ4v) is 1.55. The highest BCUT2D eigenvalue weighted by Gasteiger charge is 1.99. The third-order valence-electron chi connectivity index (χ3n) is 2.62. The van der Waals surface area contributed by atoms with E-state index in [0.717, 1.165) is 11.4 Å². The standard InChI is InChI=1S/C15H16N4O2/c1-21-14-7-5-12(6-8-14)17-11-15(20)19-18-10-13-4-2-3-9-16-13/h2-10,17H,11H2,1H3,(H,19,20)/b18-10-. The van der Waals surface area contributed by atoms with Crippen LogP contribution in [0, 0.1) is 0 Å². The third kappa shape index (κ3) is 4.94. The van der Waals surface area contributed by atoms with Gasteiger partial charge in [-0.05, 0) is 36.4 Å². The zero-order valence-electron chi connectivity index (χ0n) is 11.6. The first kappa shape index (κ1) is 14.5. The lowest BCUT2D eigenvalue weighted by atomic mass is 10.3. The minimum absolute atomic E-state index is 0.131. The van der Waals surface area contributed by atoms with Crippen LogP contribution in [-0.2, 0) is 4.79 Å². The molecule has 0 bridgehead atoms. The number of hydrogen-bond donors (Lipinski definition) is 2. The van der Waals surface area contributed by atoms with Gasteiger partial charge >= 0.3 is 0 Å². The van der Waals surface area contributed by atoms with Gasteiger partial charge in [0.15, 0.2) is 0 Å². The van der Waals surface area contributed by atoms with Crippen molar-refractivity contribution in [3.63, 3.8) is 0 Å². The van der Waals surface area contributed by atoms with Gasteiger partial charge in [0, 0.05) is 11.9 Å². The molecule has 0 saturated heterocycles. The third-order valence-corrected chi connectivity index (χ3v) is 2.62. The van der Waals surface area contributed by atoms with Crippen LogP contribution in [0.25, 0.3) is 0 Å². The van der Waals surface area contributed by atoms with Crippen molar-refractivity contribution in [1.29, 1.82) is 0 Å². The van der Waals surface area contributed by atoms with Crippen molar-refractivity contribution in [2.45, 2.75) is 0 Å². The van der Waals surface area contributed by atoms with Gasteiger partial charge in [0.25, 0.3) is 5.91 Å². The lowest BCUT2D eigenvalue weighted by Crippen LogP contribution is -2.25. The fraction of sp³-hybridized carbons (Fsp3) is 0.133. The van der Waals surface area contributed by atoms with E-state index in [-0.39, 0.29) is 12.5 Å². The molecule has 0 aliphatic carbocycles. The number of amides is 1. The molecule has 0 saturated carbocycles. The van der Waals surface area contributed by atoms with E-state index in [1.165, 1.54) is 6.21 Å². The molecule has 0 unspecified atom stereocenters. The summed E-state index contributed by atoms with van der Waals surface area (Å²) in [7, 11) is 1.61. The highest BCUT2D eigenvalue weighted by Crippen LogP contribution is 2.14. The number of rotatable bonds is 6. The van der Waals surface area contributed by atoms with E-state index < -0.39 is 0 Å². The molecule has 0 aliphatic heterocycles. The molecule has 0 spiro atoms. The molecule has 2 aromatic rings. The zero-order valence-corrected chi connectivity index (χ0v) is 11.6. The van der Waals surface area contributed by atoms with Crippen molar-refractivity contribution >= 4 is 17.8 Å². The molecule has 6 heteroatoms. The maximum absolute atomic E-state index is 11.6. The lowest BCUT2D eigenvalue weighted by molar-refractivity contribution is -0.119. The van der Waals surface area contributed by atoms with E-state index in [9.17, 15) is 4.79 Å². The van der Waals surface area contributed by atoms with Crippen LogP contribution in [0.3, 0.4) is 0 Å². The van der Waals surface area contributed by atoms with Crippen LogP contribution < -0.4 is 15.5 Å². The lowest BCUT2D eigenvalue weighted by Gasteiger charge is -2.06. The van der Waals surface area contributed by atoms with Crippen LogP contribution in [0.15, 0.2) is 53.8 Å². The van der Waals surface area contributed by atoms with E-state index >= 15 is 0 Å². The van der Waals surface area contributed by atoms with Crippen molar-refractivity contribution in [2.24, 2.45) is 5.10 Å². The maximum Gasteiger partial charge on any atom is 0.259 e. The largest absolute Gasteiger partial charge is 0.497 e. The summed E-state index contributed by atoms with van der Waals surface area (Å²) in [4.78, 5) is 15.7. The summed E-state index contributed by atoms with van der Waals surface area (Å²) in [6.45, 7) is 0.131. The first-order valence-corrected chi connectivity index (χ1v) is 6.39. The number of hydrogen-bond acceptors (Lipinski definition) is 5. The smallest absolute Gasteiger partial charge is 0.259 e. The average Bonchev–Trinajstić information content (AvgIpc) is 2.54. The van der Waals surface area contributed by atoms with Crippen LogP contribution >= 0.6 is 0 Å². The molecule has 21 heavy (non-hydrogen) atoms. The van der Waals surface area contributed by atoms with Gasteiger partial charge in [0.2, 0.25) is 0 Å². The monoisotopic (exact) mass is 284 g/mol. The Morgan fingerprint density at radius 2 is 2.10 bits per heavy atom. The summed E-state index contributed by atoms with van der Waals surface area (Å²) < 4.78 is 5.06. The average molecular weight is 284 g/mol. The number of nitrogens with zero attached hydrogens (tertiary/aromatic N) is 2. The summed E-state index contributed by atoms with van der Waals surface area (Å²) in [5.74, 6) is 0.531. The minimum Gasteiger partial charge on any atom is -0.497 e. The number of hydrazone groups is 1. The molecule has 1 aromatic heterocycles. The predicted molar refractivity (Wildman–Crippen MR) is 81.5 cm³/mol. The molecule has 2 N–H and O–H groups in total. The van der Waals surface area contributed by atoms with E-state index in [1.54, 1.807) is 19.4 Å². The van der Waals surface area contributed by atoms with Crippen LogP contribution in [-0.4, -0.2) is 30.8 Å². The Balaban J connectivity index is 1.75. The fourth-order valence-electron chi connectivity index (χ4n) is 1.55. The molecular weight excluding hydrogens is 268 g/mol. The summed E-state index contributed by atoms with van der Waals surface area (Å²) in [5, 5.41) is 6.82. The van der Waals surface area contributed by atoms with Crippen molar-refractivity contribution < 1.29 is 9.53 Å². The van der Waals surface area contributed by atoms with Crippen molar-refractivity contribution in [3.8, 4) is 5.75 Å². The Kier molecular flexibility index (Phi) is 5.28. The highest BCUT2D eigenvalue weighted by molar-refractivity contribution is 5.83. The second-order valence-corrected chi connectivity index (χ2v) is 4.13. The summed E-state index contributed by atoms with van der Waals surface area (Å²) in [6.07, 6.45) is 3.15. The van der Waals surface area contributed by atoms with Crippen molar-refractivity contribution in [3.05, 3.63) is 54.4 Å². The second-order valence-electron chi connectivity index (χ2n) is 4.13. The summed E-state index contributed by atoms with van der Waals surface area (Å²) >= 11 is 0. The Bertz CT molecular complexity index is 597. The van der Waals surface area contributed by atoms with Gasteiger partial charge < -0.3 is 10.1 Å². The number of carbonyl (C=O) groups excluding carboxylic acids is 1. The minimum atomic E-state index is -0.238. The Morgan fingerprint density at radius 1 is 1.29 bits per heavy atom. The Morgan fingerprint density at radius 3 is 2.76 bits per heavy atom. The number of anilines is 1. The number of methoxy groups -OCH3 is 1. The number of pyridine rings is 1. The molecule has 0 fully saturated rings. The molecule has 0 radical (unpaired) electrons. The second kappa shape index (κ2) is 7.64. The molecule has 1 aromatic carbocycles. The molecular formula is C15H16N4O2. The molecule has 0 aliphatic rings. The van der Waals surface area contributed by atoms with Gasteiger partial charge in [-0.2, -0.15) is 5.10 Å². The summed E-state index contributed by atoms with van der Waals surface area (Å²) in [5.41, 5.74) is 3.94. The first-order chi connectivity index (χ1) is 10.3. The van der Waals surface area contributed by atoms with Crippen molar-refractivity contribution in [2.75, 3.05) is 19.0 Å². The van der Waals surface area contributed by atoms with Crippen molar-refractivity contribution in [1.82, 2.24) is 10.4 Å². The molecule has 1 amide bonds. The number of benzene rings is 1. The van der Waals surface area contributed by atoms with Gasteiger partial charge in [-0.15, -0.1) is 0 Å². The van der Waals surface area contributed by atoms with Gasteiger partial charge in [-0.25, -0.2) is 5.43 Å². The number of carbonyl (C=O) groups is 1. The van der Waals surface area contributed by atoms with E-state index in [4.69, 9.17) is 4.74 Å². The number of aromatic nitrogens is 1. The normalized spacial score (nSPS) is 10.3.